The quantitative estimate of drug-likeness (QED) is 0.865. The third-order valence-electron chi connectivity index (χ3n) is 4.74. The molecule has 3 rings (SSSR count). The molecule has 0 aromatic heterocycles. The molecule has 1 N–H and O–H groups in total. The van der Waals surface area contributed by atoms with E-state index in [2.05, 4.69) is 39.4 Å². The number of carbonyl (C=O) groups is 1. The van der Waals surface area contributed by atoms with Gasteiger partial charge in [-0.1, -0.05) is 42.5 Å². The predicted molar refractivity (Wildman–Crippen MR) is 101 cm³/mol. The molecule has 4 nitrogen and oxygen atoms in total. The van der Waals surface area contributed by atoms with Gasteiger partial charge in [0.25, 0.3) is 5.91 Å². The minimum Gasteiger partial charge on any atom is -0.348 e. The number of benzene rings is 2. The average molecular weight is 355 g/mol. The molecule has 1 saturated heterocycles. The van der Waals surface area contributed by atoms with Crippen LogP contribution in [0.5, 0.6) is 0 Å². The SMILES string of the molecule is C[C@@H](CN1CCN(Cc2ccccc2)CC1)NC(=O)c1ccccc1F. The van der Waals surface area contributed by atoms with Gasteiger partial charge in [-0.15, -0.1) is 0 Å². The van der Waals surface area contributed by atoms with E-state index in [9.17, 15) is 9.18 Å². The highest BCUT2D eigenvalue weighted by Gasteiger charge is 2.20. The Kier molecular flexibility index (Phi) is 6.36. The minimum atomic E-state index is -0.480. The van der Waals surface area contributed by atoms with Crippen LogP contribution in [0.3, 0.4) is 0 Å². The van der Waals surface area contributed by atoms with E-state index in [0.717, 1.165) is 39.3 Å². The topological polar surface area (TPSA) is 35.6 Å². The molecule has 1 aliphatic rings. The summed E-state index contributed by atoms with van der Waals surface area (Å²) < 4.78 is 13.7. The highest BCUT2D eigenvalue weighted by atomic mass is 19.1. The number of carbonyl (C=O) groups excluding carboxylic acids is 1. The molecule has 0 saturated carbocycles. The number of nitrogens with one attached hydrogen (secondary N) is 1. The molecular weight excluding hydrogens is 329 g/mol. The largest absolute Gasteiger partial charge is 0.348 e. The summed E-state index contributed by atoms with van der Waals surface area (Å²) in [6.45, 7) is 7.72. The molecule has 1 heterocycles. The van der Waals surface area contributed by atoms with Crippen molar-refractivity contribution in [2.24, 2.45) is 0 Å². The number of halogens is 1. The summed E-state index contributed by atoms with van der Waals surface area (Å²) >= 11 is 0. The smallest absolute Gasteiger partial charge is 0.254 e. The lowest BCUT2D eigenvalue weighted by Gasteiger charge is -2.36. The van der Waals surface area contributed by atoms with Crippen molar-refractivity contribution < 1.29 is 9.18 Å². The molecule has 0 bridgehead atoms. The van der Waals surface area contributed by atoms with E-state index in [0.29, 0.717) is 0 Å². The summed E-state index contributed by atoms with van der Waals surface area (Å²) in [6.07, 6.45) is 0. The Morgan fingerprint density at radius 2 is 1.62 bits per heavy atom. The molecule has 0 radical (unpaired) electrons. The summed E-state index contributed by atoms with van der Waals surface area (Å²) in [5.41, 5.74) is 1.44. The van der Waals surface area contributed by atoms with Crippen molar-refractivity contribution in [2.75, 3.05) is 32.7 Å². The second-order valence-electron chi connectivity index (χ2n) is 6.92. The summed E-state index contributed by atoms with van der Waals surface area (Å²) in [4.78, 5) is 17.0. The highest BCUT2D eigenvalue weighted by molar-refractivity contribution is 5.94. The molecule has 1 aliphatic heterocycles. The predicted octanol–water partition coefficient (Wildman–Crippen LogP) is 2.76. The van der Waals surface area contributed by atoms with Gasteiger partial charge < -0.3 is 5.32 Å². The first-order valence-electron chi connectivity index (χ1n) is 9.16. The van der Waals surface area contributed by atoms with Crippen LogP contribution in [0.4, 0.5) is 4.39 Å². The maximum absolute atomic E-state index is 13.7. The van der Waals surface area contributed by atoms with E-state index < -0.39 is 5.82 Å². The number of amides is 1. The van der Waals surface area contributed by atoms with E-state index in [4.69, 9.17) is 0 Å². The molecule has 2 aromatic rings. The van der Waals surface area contributed by atoms with E-state index in [1.165, 1.54) is 17.7 Å². The van der Waals surface area contributed by atoms with E-state index in [1.54, 1.807) is 12.1 Å². The molecule has 1 fully saturated rings. The standard InChI is InChI=1S/C21H26FN3O/c1-17(23-21(26)19-9-5-6-10-20(19)22)15-24-11-13-25(14-12-24)16-18-7-3-2-4-8-18/h2-10,17H,11-16H2,1H3,(H,23,26)/t17-/m0/s1. The number of hydrogen-bond acceptors (Lipinski definition) is 3. The molecule has 0 aliphatic carbocycles. The van der Waals surface area contributed by atoms with Crippen LogP contribution in [-0.2, 0) is 6.54 Å². The molecule has 0 unspecified atom stereocenters. The zero-order chi connectivity index (χ0) is 18.4. The lowest BCUT2D eigenvalue weighted by atomic mass is 10.1. The highest BCUT2D eigenvalue weighted by Crippen LogP contribution is 2.10. The Balaban J connectivity index is 1.42. The number of nitrogens with zero attached hydrogens (tertiary/aromatic N) is 2. The van der Waals surface area contributed by atoms with Crippen molar-refractivity contribution in [3.63, 3.8) is 0 Å². The zero-order valence-corrected chi connectivity index (χ0v) is 15.2. The third-order valence-corrected chi connectivity index (χ3v) is 4.74. The van der Waals surface area contributed by atoms with Crippen molar-refractivity contribution in [3.05, 3.63) is 71.5 Å². The minimum absolute atomic E-state index is 0.0252. The first-order chi connectivity index (χ1) is 12.6. The van der Waals surface area contributed by atoms with E-state index in [-0.39, 0.29) is 17.5 Å². The number of piperazine rings is 1. The van der Waals surface area contributed by atoms with Crippen LogP contribution in [0.2, 0.25) is 0 Å². The second kappa shape index (κ2) is 8.92. The molecule has 1 atom stereocenters. The molecule has 0 spiro atoms. The van der Waals surface area contributed by atoms with Crippen LogP contribution in [0, 0.1) is 5.82 Å². The second-order valence-corrected chi connectivity index (χ2v) is 6.92. The van der Waals surface area contributed by atoms with Crippen molar-refractivity contribution in [2.45, 2.75) is 19.5 Å². The molecular formula is C21H26FN3O. The maximum atomic E-state index is 13.7. The molecule has 2 aromatic carbocycles. The Morgan fingerprint density at radius 3 is 2.31 bits per heavy atom. The summed E-state index contributed by atoms with van der Waals surface area (Å²) in [5, 5.41) is 2.90. The number of hydrogen-bond donors (Lipinski definition) is 1. The molecule has 138 valence electrons. The Hall–Kier alpha value is -2.24. The molecule has 26 heavy (non-hydrogen) atoms. The first kappa shape index (κ1) is 18.5. The normalized spacial score (nSPS) is 17.0. The monoisotopic (exact) mass is 355 g/mol. The zero-order valence-electron chi connectivity index (χ0n) is 15.2. The van der Waals surface area contributed by atoms with Gasteiger partial charge in [0, 0.05) is 45.3 Å². The van der Waals surface area contributed by atoms with Crippen LogP contribution < -0.4 is 5.32 Å². The average Bonchev–Trinajstić information content (AvgIpc) is 2.64. The Bertz CT molecular complexity index is 714. The van der Waals surface area contributed by atoms with Crippen LogP contribution in [0.15, 0.2) is 54.6 Å². The first-order valence-corrected chi connectivity index (χ1v) is 9.16. The molecule has 1 amide bonds. The lowest BCUT2D eigenvalue weighted by molar-refractivity contribution is 0.0897. The fraction of sp³-hybridized carbons (Fsp3) is 0.381. The van der Waals surface area contributed by atoms with Gasteiger partial charge in [-0.25, -0.2) is 4.39 Å². The van der Waals surface area contributed by atoms with Gasteiger partial charge in [-0.3, -0.25) is 14.6 Å². The van der Waals surface area contributed by atoms with E-state index in [1.807, 2.05) is 13.0 Å². The summed E-state index contributed by atoms with van der Waals surface area (Å²) in [7, 11) is 0. The van der Waals surface area contributed by atoms with Crippen molar-refractivity contribution in [3.8, 4) is 0 Å². The van der Waals surface area contributed by atoms with Crippen molar-refractivity contribution in [1.29, 1.82) is 0 Å². The maximum Gasteiger partial charge on any atom is 0.254 e. The summed E-state index contributed by atoms with van der Waals surface area (Å²) in [6, 6.07) is 16.6. The summed E-state index contributed by atoms with van der Waals surface area (Å²) in [5.74, 6) is -0.829. The van der Waals surface area contributed by atoms with Crippen LogP contribution >= 0.6 is 0 Å². The van der Waals surface area contributed by atoms with Crippen molar-refractivity contribution in [1.82, 2.24) is 15.1 Å². The van der Waals surface area contributed by atoms with Gasteiger partial charge >= 0.3 is 0 Å². The number of rotatable bonds is 6. The fourth-order valence-electron chi connectivity index (χ4n) is 3.35. The Labute approximate surface area is 154 Å². The Morgan fingerprint density at radius 1 is 1.00 bits per heavy atom. The fourth-order valence-corrected chi connectivity index (χ4v) is 3.35. The van der Waals surface area contributed by atoms with Crippen molar-refractivity contribution >= 4 is 5.91 Å². The van der Waals surface area contributed by atoms with Gasteiger partial charge in [0.15, 0.2) is 0 Å². The van der Waals surface area contributed by atoms with Gasteiger partial charge in [-0.05, 0) is 24.6 Å². The third kappa shape index (κ3) is 5.13. The van der Waals surface area contributed by atoms with Crippen LogP contribution in [0.1, 0.15) is 22.8 Å². The molecule has 5 heteroatoms. The van der Waals surface area contributed by atoms with Gasteiger partial charge in [0.1, 0.15) is 5.82 Å². The van der Waals surface area contributed by atoms with Crippen LogP contribution in [0.25, 0.3) is 0 Å². The van der Waals surface area contributed by atoms with Crippen LogP contribution in [-0.4, -0.2) is 54.5 Å². The van der Waals surface area contributed by atoms with Gasteiger partial charge in [-0.2, -0.15) is 0 Å². The van der Waals surface area contributed by atoms with Gasteiger partial charge in [0.2, 0.25) is 0 Å². The van der Waals surface area contributed by atoms with E-state index >= 15 is 0 Å². The lowest BCUT2D eigenvalue weighted by Crippen LogP contribution is -2.50. The van der Waals surface area contributed by atoms with Gasteiger partial charge in [0.05, 0.1) is 5.56 Å².